The van der Waals surface area contributed by atoms with Gasteiger partial charge in [-0.05, 0) is 25.0 Å². The summed E-state index contributed by atoms with van der Waals surface area (Å²) in [5, 5.41) is 13.5. The molecule has 1 amide bonds. The minimum Gasteiger partial charge on any atom is -0.455 e. The molecule has 0 bridgehead atoms. The Balaban J connectivity index is 1.81. The van der Waals surface area contributed by atoms with Gasteiger partial charge in [-0.1, -0.05) is 42.5 Å². The Morgan fingerprint density at radius 3 is 2.41 bits per heavy atom. The van der Waals surface area contributed by atoms with Crippen molar-refractivity contribution in [2.75, 3.05) is 12.4 Å². The lowest BCUT2D eigenvalue weighted by atomic mass is 10.0. The zero-order valence-corrected chi connectivity index (χ0v) is 16.5. The first-order valence-corrected chi connectivity index (χ1v) is 9.71. The number of ether oxygens (including phenoxy) is 1. The van der Waals surface area contributed by atoms with E-state index in [1.165, 1.54) is 25.1 Å². The highest BCUT2D eigenvalue weighted by atomic mass is 32.2. The summed E-state index contributed by atoms with van der Waals surface area (Å²) in [5.74, 6) is -1.67. The topological polar surface area (TPSA) is 116 Å². The highest BCUT2D eigenvalue weighted by Gasteiger charge is 2.19. The average molecular weight is 416 g/mol. The van der Waals surface area contributed by atoms with Crippen LogP contribution in [0.15, 0.2) is 59.5 Å². The SMILES string of the molecule is CC(=O)[C@@H](Cc1ccccc1)NC(=O)COC(=O)CSc1ccccc1[N+](=O)[O-]. The van der Waals surface area contributed by atoms with E-state index in [0.29, 0.717) is 11.3 Å². The molecule has 1 N–H and O–H groups in total. The monoisotopic (exact) mass is 416 g/mol. The van der Waals surface area contributed by atoms with Crippen molar-refractivity contribution < 1.29 is 24.0 Å². The first-order valence-electron chi connectivity index (χ1n) is 8.72. The lowest BCUT2D eigenvalue weighted by Crippen LogP contribution is -2.43. The average Bonchev–Trinajstić information content (AvgIpc) is 2.71. The van der Waals surface area contributed by atoms with Crippen molar-refractivity contribution in [3.05, 3.63) is 70.3 Å². The largest absolute Gasteiger partial charge is 0.455 e. The van der Waals surface area contributed by atoms with Gasteiger partial charge in [-0.25, -0.2) is 0 Å². The fourth-order valence-electron chi connectivity index (χ4n) is 2.44. The number of benzene rings is 2. The number of nitrogens with one attached hydrogen (secondary N) is 1. The summed E-state index contributed by atoms with van der Waals surface area (Å²) < 4.78 is 4.90. The summed E-state index contributed by atoms with van der Waals surface area (Å²) in [6, 6.07) is 14.5. The molecule has 0 aliphatic heterocycles. The van der Waals surface area contributed by atoms with Gasteiger partial charge in [0.2, 0.25) is 0 Å². The molecule has 2 aromatic rings. The summed E-state index contributed by atoms with van der Waals surface area (Å²) in [4.78, 5) is 46.4. The third-order valence-electron chi connectivity index (χ3n) is 3.88. The molecule has 0 aromatic heterocycles. The van der Waals surface area contributed by atoms with Gasteiger partial charge in [-0.3, -0.25) is 24.5 Å². The molecule has 0 heterocycles. The van der Waals surface area contributed by atoms with E-state index in [9.17, 15) is 24.5 Å². The normalized spacial score (nSPS) is 11.3. The van der Waals surface area contributed by atoms with Crippen molar-refractivity contribution in [1.82, 2.24) is 5.32 Å². The highest BCUT2D eigenvalue weighted by molar-refractivity contribution is 8.00. The van der Waals surface area contributed by atoms with Crippen molar-refractivity contribution in [2.24, 2.45) is 0 Å². The number of nitro benzene ring substituents is 1. The molecule has 9 heteroatoms. The van der Waals surface area contributed by atoms with E-state index in [0.717, 1.165) is 17.3 Å². The van der Waals surface area contributed by atoms with Crippen molar-refractivity contribution >= 4 is 35.1 Å². The second-order valence-electron chi connectivity index (χ2n) is 6.09. The lowest BCUT2D eigenvalue weighted by molar-refractivity contribution is -0.387. The number of rotatable bonds is 10. The van der Waals surface area contributed by atoms with Crippen LogP contribution < -0.4 is 5.32 Å². The van der Waals surface area contributed by atoms with E-state index in [1.54, 1.807) is 6.07 Å². The minimum atomic E-state index is -0.718. The molecular formula is C20H20N2O6S. The molecule has 0 unspecified atom stereocenters. The maximum Gasteiger partial charge on any atom is 0.316 e. The number of esters is 1. The predicted octanol–water partition coefficient (Wildman–Crippen LogP) is 2.55. The number of amides is 1. The molecule has 0 fully saturated rings. The van der Waals surface area contributed by atoms with Crippen molar-refractivity contribution in [3.8, 4) is 0 Å². The molecule has 0 saturated carbocycles. The Morgan fingerprint density at radius 2 is 1.76 bits per heavy atom. The molecule has 2 rings (SSSR count). The van der Waals surface area contributed by atoms with E-state index in [-0.39, 0.29) is 17.2 Å². The second-order valence-corrected chi connectivity index (χ2v) is 7.11. The number of nitrogens with zero attached hydrogens (tertiary/aromatic N) is 1. The molecule has 1 atom stereocenters. The summed E-state index contributed by atoms with van der Waals surface area (Å²) in [6.07, 6.45) is 0.337. The molecular weight excluding hydrogens is 396 g/mol. The molecule has 8 nitrogen and oxygen atoms in total. The Bertz CT molecular complexity index is 888. The summed E-state index contributed by atoms with van der Waals surface area (Å²) in [7, 11) is 0. The van der Waals surface area contributed by atoms with Crippen LogP contribution in [0.3, 0.4) is 0 Å². The number of hydrogen-bond acceptors (Lipinski definition) is 7. The number of Topliss-reactive ketones (excluding diaryl/α,β-unsaturated/α-hetero) is 1. The van der Waals surface area contributed by atoms with Gasteiger partial charge < -0.3 is 10.1 Å². The van der Waals surface area contributed by atoms with E-state index < -0.39 is 29.4 Å². The molecule has 0 aliphatic carbocycles. The van der Waals surface area contributed by atoms with Crippen LogP contribution in [0.25, 0.3) is 0 Å². The van der Waals surface area contributed by atoms with Crippen LogP contribution in [0.1, 0.15) is 12.5 Å². The fraction of sp³-hybridized carbons (Fsp3) is 0.250. The number of para-hydroxylation sites is 1. The van der Waals surface area contributed by atoms with Crippen LogP contribution in [0.2, 0.25) is 0 Å². The molecule has 29 heavy (non-hydrogen) atoms. The summed E-state index contributed by atoms with van der Waals surface area (Å²) in [5.41, 5.74) is 0.791. The highest BCUT2D eigenvalue weighted by Crippen LogP contribution is 2.28. The van der Waals surface area contributed by atoms with Gasteiger partial charge in [-0.15, -0.1) is 11.8 Å². The second kappa shape index (κ2) is 11.0. The van der Waals surface area contributed by atoms with Crippen molar-refractivity contribution in [2.45, 2.75) is 24.3 Å². The Morgan fingerprint density at radius 1 is 1.10 bits per heavy atom. The van der Waals surface area contributed by atoms with Crippen LogP contribution >= 0.6 is 11.8 Å². The molecule has 152 valence electrons. The third-order valence-corrected chi connectivity index (χ3v) is 4.92. The van der Waals surface area contributed by atoms with Gasteiger partial charge in [0.15, 0.2) is 12.4 Å². The lowest BCUT2D eigenvalue weighted by Gasteiger charge is -2.16. The summed E-state index contributed by atoms with van der Waals surface area (Å²) in [6.45, 7) is 0.845. The molecule has 2 aromatic carbocycles. The zero-order chi connectivity index (χ0) is 21.2. The van der Waals surface area contributed by atoms with Gasteiger partial charge in [0.25, 0.3) is 11.6 Å². The quantitative estimate of drug-likeness (QED) is 0.274. The minimum absolute atomic E-state index is 0.103. The number of nitro groups is 1. The van der Waals surface area contributed by atoms with E-state index >= 15 is 0 Å². The van der Waals surface area contributed by atoms with Gasteiger partial charge in [-0.2, -0.15) is 0 Å². The standard InChI is InChI=1S/C20H20N2O6S/c1-14(23)16(11-15-7-3-2-4-8-15)21-19(24)12-28-20(25)13-29-18-10-6-5-9-17(18)22(26)27/h2-10,16H,11-13H2,1H3,(H,21,24)/t16-/m1/s1. The molecule has 0 spiro atoms. The number of carbonyl (C=O) groups excluding carboxylic acids is 3. The first-order chi connectivity index (χ1) is 13.9. The molecule has 0 radical (unpaired) electrons. The van der Waals surface area contributed by atoms with Crippen LogP contribution in [-0.2, 0) is 25.5 Å². The van der Waals surface area contributed by atoms with Crippen LogP contribution in [0.5, 0.6) is 0 Å². The zero-order valence-electron chi connectivity index (χ0n) is 15.7. The first kappa shape index (κ1) is 22.1. The fourth-order valence-corrected chi connectivity index (χ4v) is 3.26. The number of ketones is 1. The molecule has 0 saturated heterocycles. The summed E-state index contributed by atoms with van der Waals surface area (Å²) >= 11 is 0.954. The van der Waals surface area contributed by atoms with Gasteiger partial charge in [0.1, 0.15) is 0 Å². The maximum absolute atomic E-state index is 12.0. The van der Waals surface area contributed by atoms with Crippen LogP contribution in [0.4, 0.5) is 5.69 Å². The smallest absolute Gasteiger partial charge is 0.316 e. The van der Waals surface area contributed by atoms with Gasteiger partial charge in [0, 0.05) is 6.07 Å². The predicted molar refractivity (Wildman–Crippen MR) is 108 cm³/mol. The van der Waals surface area contributed by atoms with Gasteiger partial charge >= 0.3 is 5.97 Å². The number of thioether (sulfide) groups is 1. The van der Waals surface area contributed by atoms with Crippen LogP contribution in [-0.4, -0.2) is 41.0 Å². The molecule has 0 aliphatic rings. The third kappa shape index (κ3) is 7.38. The Hall–Kier alpha value is -3.20. The maximum atomic E-state index is 12.0. The van der Waals surface area contributed by atoms with Gasteiger partial charge in [0.05, 0.1) is 21.6 Å². The van der Waals surface area contributed by atoms with Crippen molar-refractivity contribution in [3.63, 3.8) is 0 Å². The Kier molecular flexibility index (Phi) is 8.35. The van der Waals surface area contributed by atoms with Crippen LogP contribution in [0, 0.1) is 10.1 Å². The van der Waals surface area contributed by atoms with E-state index in [2.05, 4.69) is 5.32 Å². The van der Waals surface area contributed by atoms with E-state index in [4.69, 9.17) is 4.74 Å². The Labute approximate surface area is 171 Å². The van der Waals surface area contributed by atoms with E-state index in [1.807, 2.05) is 30.3 Å². The van der Waals surface area contributed by atoms with Crippen molar-refractivity contribution in [1.29, 1.82) is 0 Å². The number of hydrogen-bond donors (Lipinski definition) is 1. The number of carbonyl (C=O) groups is 3.